The molecule has 4 nitrogen and oxygen atoms in total. The van der Waals surface area contributed by atoms with Crippen LogP contribution in [0.3, 0.4) is 0 Å². The Kier molecular flexibility index (Phi) is 4.34. The van der Waals surface area contributed by atoms with Gasteiger partial charge in [0.2, 0.25) is 0 Å². The molecule has 0 aliphatic carbocycles. The van der Waals surface area contributed by atoms with Gasteiger partial charge in [0, 0.05) is 36.1 Å². The molecule has 1 aliphatic heterocycles. The zero-order valence-corrected chi connectivity index (χ0v) is 10.5. The molecular weight excluding hydrogens is 228 g/mol. The second kappa shape index (κ2) is 5.77. The van der Waals surface area contributed by atoms with Crippen LogP contribution in [0.1, 0.15) is 5.82 Å². The van der Waals surface area contributed by atoms with Crippen LogP contribution in [0.15, 0.2) is 6.33 Å². The molecule has 6 heteroatoms. The summed E-state index contributed by atoms with van der Waals surface area (Å²) in [5, 5.41) is 8.24. The molecule has 1 aromatic heterocycles. The SMILES string of the molecule is Cn1ncnc1CNCC1CSCCS1. The second-order valence-corrected chi connectivity index (χ2v) is 6.06. The maximum atomic E-state index is 4.18. The van der Waals surface area contributed by atoms with E-state index in [2.05, 4.69) is 38.9 Å². The number of hydrogen-bond acceptors (Lipinski definition) is 5. The van der Waals surface area contributed by atoms with E-state index in [1.807, 2.05) is 11.7 Å². The highest BCUT2D eigenvalue weighted by Gasteiger charge is 2.13. The Morgan fingerprint density at radius 2 is 2.53 bits per heavy atom. The van der Waals surface area contributed by atoms with Gasteiger partial charge in [-0.1, -0.05) is 0 Å². The second-order valence-electron chi connectivity index (χ2n) is 3.50. The van der Waals surface area contributed by atoms with Crippen LogP contribution in [0.4, 0.5) is 0 Å². The lowest BCUT2D eigenvalue weighted by Crippen LogP contribution is -2.29. The Hall–Kier alpha value is -0.200. The fraction of sp³-hybridized carbons (Fsp3) is 0.778. The minimum Gasteiger partial charge on any atom is -0.309 e. The van der Waals surface area contributed by atoms with E-state index >= 15 is 0 Å². The van der Waals surface area contributed by atoms with Crippen molar-refractivity contribution in [2.45, 2.75) is 11.8 Å². The summed E-state index contributed by atoms with van der Waals surface area (Å²) in [6.45, 7) is 1.89. The van der Waals surface area contributed by atoms with Gasteiger partial charge in [0.15, 0.2) is 0 Å². The van der Waals surface area contributed by atoms with Gasteiger partial charge in [-0.3, -0.25) is 4.68 Å². The molecule has 1 atom stereocenters. The van der Waals surface area contributed by atoms with E-state index in [4.69, 9.17) is 0 Å². The normalized spacial score (nSPS) is 21.8. The molecule has 84 valence electrons. The lowest BCUT2D eigenvalue weighted by Gasteiger charge is -2.20. The largest absolute Gasteiger partial charge is 0.309 e. The molecule has 1 aromatic rings. The summed E-state index contributed by atoms with van der Waals surface area (Å²) in [6, 6.07) is 0. The van der Waals surface area contributed by atoms with E-state index in [0.29, 0.717) is 0 Å². The predicted octanol–water partition coefficient (Wildman–Crippen LogP) is 0.753. The topological polar surface area (TPSA) is 42.7 Å². The fourth-order valence-corrected chi connectivity index (χ4v) is 4.13. The van der Waals surface area contributed by atoms with Crippen molar-refractivity contribution in [3.8, 4) is 0 Å². The van der Waals surface area contributed by atoms with Crippen molar-refractivity contribution in [3.63, 3.8) is 0 Å². The molecule has 0 radical (unpaired) electrons. The summed E-state index contributed by atoms with van der Waals surface area (Å²) >= 11 is 4.14. The molecule has 1 aliphatic rings. The average Bonchev–Trinajstić information content (AvgIpc) is 2.66. The first-order chi connectivity index (χ1) is 7.36. The van der Waals surface area contributed by atoms with Gasteiger partial charge in [-0.25, -0.2) is 4.98 Å². The first-order valence-corrected chi connectivity index (χ1v) is 7.29. The maximum absolute atomic E-state index is 4.18. The summed E-state index contributed by atoms with van der Waals surface area (Å²) in [4.78, 5) is 4.18. The highest BCUT2D eigenvalue weighted by Crippen LogP contribution is 2.23. The molecule has 0 spiro atoms. The Labute approximate surface area is 98.6 Å². The Balaban J connectivity index is 1.68. The third-order valence-corrected chi connectivity index (χ3v) is 5.19. The smallest absolute Gasteiger partial charge is 0.140 e. The third kappa shape index (κ3) is 3.39. The van der Waals surface area contributed by atoms with Crippen LogP contribution in [0.25, 0.3) is 0 Å². The van der Waals surface area contributed by atoms with Crippen molar-refractivity contribution in [1.82, 2.24) is 20.1 Å². The monoisotopic (exact) mass is 244 g/mol. The van der Waals surface area contributed by atoms with Crippen molar-refractivity contribution in [2.24, 2.45) is 7.05 Å². The quantitative estimate of drug-likeness (QED) is 0.847. The zero-order valence-electron chi connectivity index (χ0n) is 8.85. The molecule has 15 heavy (non-hydrogen) atoms. The molecule has 2 rings (SSSR count). The van der Waals surface area contributed by atoms with Gasteiger partial charge in [0.05, 0.1) is 6.54 Å². The molecule has 2 heterocycles. The molecular formula is C9H16N4S2. The number of thioether (sulfide) groups is 2. The van der Waals surface area contributed by atoms with Gasteiger partial charge in [-0.15, -0.1) is 0 Å². The van der Waals surface area contributed by atoms with E-state index in [1.165, 1.54) is 17.3 Å². The molecule has 1 saturated heterocycles. The van der Waals surface area contributed by atoms with Crippen LogP contribution in [0.5, 0.6) is 0 Å². The molecule has 1 unspecified atom stereocenters. The summed E-state index contributed by atoms with van der Waals surface area (Å²) in [6.07, 6.45) is 1.60. The maximum Gasteiger partial charge on any atom is 0.140 e. The van der Waals surface area contributed by atoms with E-state index < -0.39 is 0 Å². The molecule has 0 amide bonds. The number of hydrogen-bond donors (Lipinski definition) is 1. The number of aryl methyl sites for hydroxylation is 1. The Morgan fingerprint density at radius 3 is 3.20 bits per heavy atom. The van der Waals surface area contributed by atoms with Crippen LogP contribution in [-0.2, 0) is 13.6 Å². The first kappa shape index (κ1) is 11.3. The third-order valence-electron chi connectivity index (χ3n) is 2.35. The minimum atomic E-state index is 0.761. The molecule has 0 aromatic carbocycles. The highest BCUT2D eigenvalue weighted by molar-refractivity contribution is 8.06. The number of nitrogens with one attached hydrogen (secondary N) is 1. The van der Waals surface area contributed by atoms with E-state index in [-0.39, 0.29) is 0 Å². The lowest BCUT2D eigenvalue weighted by atomic mass is 10.4. The molecule has 1 fully saturated rings. The van der Waals surface area contributed by atoms with Gasteiger partial charge < -0.3 is 5.32 Å². The van der Waals surface area contributed by atoms with Crippen LogP contribution in [0.2, 0.25) is 0 Å². The molecule has 0 saturated carbocycles. The van der Waals surface area contributed by atoms with Crippen molar-refractivity contribution < 1.29 is 0 Å². The minimum absolute atomic E-state index is 0.761. The summed E-state index contributed by atoms with van der Waals surface area (Å²) in [7, 11) is 1.93. The predicted molar refractivity (Wildman–Crippen MR) is 66.3 cm³/mol. The Morgan fingerprint density at radius 1 is 1.60 bits per heavy atom. The van der Waals surface area contributed by atoms with Crippen molar-refractivity contribution >= 4 is 23.5 Å². The first-order valence-electron chi connectivity index (χ1n) is 5.09. The van der Waals surface area contributed by atoms with Gasteiger partial charge >= 0.3 is 0 Å². The molecule has 1 N–H and O–H groups in total. The molecule has 0 bridgehead atoms. The van der Waals surface area contributed by atoms with Crippen LogP contribution in [-0.4, -0.2) is 43.8 Å². The standard InChI is InChI=1S/C9H16N4S2/c1-13-9(11-7-12-13)5-10-4-8-6-14-2-3-15-8/h7-8,10H,2-6H2,1H3. The number of aromatic nitrogens is 3. The average molecular weight is 244 g/mol. The van der Waals surface area contributed by atoms with Crippen molar-refractivity contribution in [2.75, 3.05) is 23.8 Å². The summed E-state index contributed by atoms with van der Waals surface area (Å²) in [5.74, 6) is 4.88. The van der Waals surface area contributed by atoms with Crippen molar-refractivity contribution in [3.05, 3.63) is 12.2 Å². The summed E-state index contributed by atoms with van der Waals surface area (Å²) in [5.41, 5.74) is 0. The van der Waals surface area contributed by atoms with Gasteiger partial charge in [-0.05, 0) is 0 Å². The number of rotatable bonds is 4. The Bertz CT molecular complexity index is 296. The summed E-state index contributed by atoms with van der Waals surface area (Å²) < 4.78 is 1.82. The van der Waals surface area contributed by atoms with Gasteiger partial charge in [0.1, 0.15) is 12.2 Å². The van der Waals surface area contributed by atoms with Gasteiger partial charge in [-0.2, -0.15) is 28.6 Å². The van der Waals surface area contributed by atoms with Gasteiger partial charge in [0.25, 0.3) is 0 Å². The van der Waals surface area contributed by atoms with Crippen LogP contribution < -0.4 is 5.32 Å². The van der Waals surface area contributed by atoms with Crippen molar-refractivity contribution in [1.29, 1.82) is 0 Å². The van der Waals surface area contributed by atoms with E-state index in [0.717, 1.165) is 24.2 Å². The lowest BCUT2D eigenvalue weighted by molar-refractivity contribution is 0.614. The number of nitrogens with zero attached hydrogens (tertiary/aromatic N) is 3. The fourth-order valence-electron chi connectivity index (χ4n) is 1.48. The van der Waals surface area contributed by atoms with Crippen LogP contribution in [0, 0.1) is 0 Å². The zero-order chi connectivity index (χ0) is 10.5. The van der Waals surface area contributed by atoms with E-state index in [9.17, 15) is 0 Å². The van der Waals surface area contributed by atoms with E-state index in [1.54, 1.807) is 6.33 Å². The highest BCUT2D eigenvalue weighted by atomic mass is 32.2. The van der Waals surface area contributed by atoms with Crippen LogP contribution >= 0.6 is 23.5 Å².